The molecule has 8 heteroatoms. The average molecular weight is 337 g/mol. The molecule has 1 aliphatic carbocycles. The SMILES string of the molecule is Cc1cnn(CC2CN(C(=O)C3(N)CC3)CCO2)c1.Cl.Cl. The predicted octanol–water partition coefficient (Wildman–Crippen LogP) is 0.754. The smallest absolute Gasteiger partial charge is 0.242 e. The Morgan fingerprint density at radius 1 is 1.52 bits per heavy atom. The molecule has 1 unspecified atom stereocenters. The van der Waals surface area contributed by atoms with Gasteiger partial charge < -0.3 is 15.4 Å². The molecule has 1 saturated heterocycles. The fourth-order valence-electron chi connectivity index (χ4n) is 2.45. The summed E-state index contributed by atoms with van der Waals surface area (Å²) in [6.07, 6.45) is 5.43. The minimum absolute atomic E-state index is 0. The molecule has 1 saturated carbocycles. The standard InChI is InChI=1S/C13H20N4O2.2ClH/c1-10-6-15-17(7-10)9-11-8-16(4-5-19-11)12(18)13(14)2-3-13;;/h6-7,11H,2-5,8-9,14H2,1H3;2*1H. The van der Waals surface area contributed by atoms with Gasteiger partial charge in [0.1, 0.15) is 0 Å². The molecule has 6 nitrogen and oxygen atoms in total. The van der Waals surface area contributed by atoms with E-state index >= 15 is 0 Å². The van der Waals surface area contributed by atoms with Crippen molar-refractivity contribution in [2.75, 3.05) is 19.7 Å². The van der Waals surface area contributed by atoms with Crippen LogP contribution in [0.2, 0.25) is 0 Å². The number of aromatic nitrogens is 2. The van der Waals surface area contributed by atoms with Crippen LogP contribution in [0.15, 0.2) is 12.4 Å². The van der Waals surface area contributed by atoms with Crippen LogP contribution in [0.1, 0.15) is 18.4 Å². The largest absolute Gasteiger partial charge is 0.373 e. The zero-order valence-corrected chi connectivity index (χ0v) is 13.7. The number of hydrogen-bond acceptors (Lipinski definition) is 4. The number of amides is 1. The number of carbonyl (C=O) groups is 1. The summed E-state index contributed by atoms with van der Waals surface area (Å²) < 4.78 is 7.57. The first kappa shape index (κ1) is 18.2. The molecule has 1 aliphatic heterocycles. The van der Waals surface area contributed by atoms with E-state index in [1.54, 1.807) is 0 Å². The Morgan fingerprint density at radius 3 is 2.81 bits per heavy atom. The lowest BCUT2D eigenvalue weighted by atomic mass is 10.2. The second kappa shape index (κ2) is 6.96. The number of rotatable bonds is 3. The third kappa shape index (κ3) is 4.10. The van der Waals surface area contributed by atoms with Crippen molar-refractivity contribution in [1.82, 2.24) is 14.7 Å². The van der Waals surface area contributed by atoms with Crippen LogP contribution in [0.4, 0.5) is 0 Å². The van der Waals surface area contributed by atoms with Crippen LogP contribution in [-0.2, 0) is 16.1 Å². The molecule has 120 valence electrons. The summed E-state index contributed by atoms with van der Waals surface area (Å²) in [6.45, 7) is 4.51. The maximum atomic E-state index is 12.2. The quantitative estimate of drug-likeness (QED) is 0.884. The predicted molar refractivity (Wildman–Crippen MR) is 83.9 cm³/mol. The summed E-state index contributed by atoms with van der Waals surface area (Å²) in [5.74, 6) is 0.0810. The lowest BCUT2D eigenvalue weighted by molar-refractivity contribution is -0.141. The summed E-state index contributed by atoms with van der Waals surface area (Å²) in [6, 6.07) is 0. The Morgan fingerprint density at radius 2 is 2.24 bits per heavy atom. The topological polar surface area (TPSA) is 73.4 Å². The van der Waals surface area contributed by atoms with Gasteiger partial charge in [-0.15, -0.1) is 24.8 Å². The molecule has 0 radical (unpaired) electrons. The van der Waals surface area contributed by atoms with E-state index < -0.39 is 5.54 Å². The van der Waals surface area contributed by atoms with Crippen LogP contribution in [0, 0.1) is 6.92 Å². The van der Waals surface area contributed by atoms with Crippen LogP contribution in [0.3, 0.4) is 0 Å². The van der Waals surface area contributed by atoms with E-state index in [0.717, 1.165) is 18.4 Å². The van der Waals surface area contributed by atoms with Gasteiger partial charge in [-0.3, -0.25) is 9.48 Å². The summed E-state index contributed by atoms with van der Waals surface area (Å²) in [7, 11) is 0. The zero-order valence-electron chi connectivity index (χ0n) is 12.0. The number of nitrogens with two attached hydrogens (primary N) is 1. The van der Waals surface area contributed by atoms with Gasteiger partial charge in [0.2, 0.25) is 5.91 Å². The Kier molecular flexibility index (Phi) is 6.04. The van der Waals surface area contributed by atoms with Gasteiger partial charge in [0.15, 0.2) is 0 Å². The lowest BCUT2D eigenvalue weighted by Crippen LogP contribution is -2.53. The highest BCUT2D eigenvalue weighted by Crippen LogP contribution is 2.34. The Labute approximate surface area is 136 Å². The molecule has 2 heterocycles. The normalized spacial score (nSPS) is 23.0. The lowest BCUT2D eigenvalue weighted by Gasteiger charge is -2.34. The second-order valence-corrected chi connectivity index (χ2v) is 5.64. The van der Waals surface area contributed by atoms with Crippen molar-refractivity contribution in [1.29, 1.82) is 0 Å². The van der Waals surface area contributed by atoms with Crippen molar-refractivity contribution in [2.45, 2.75) is 38.0 Å². The van der Waals surface area contributed by atoms with E-state index in [0.29, 0.717) is 26.2 Å². The minimum atomic E-state index is -0.579. The maximum Gasteiger partial charge on any atom is 0.242 e. The molecule has 2 aliphatic rings. The molecule has 1 aromatic rings. The number of morpholine rings is 1. The van der Waals surface area contributed by atoms with Crippen molar-refractivity contribution in [3.05, 3.63) is 18.0 Å². The van der Waals surface area contributed by atoms with Crippen molar-refractivity contribution in [3.63, 3.8) is 0 Å². The first-order valence-corrected chi connectivity index (χ1v) is 6.76. The fourth-order valence-corrected chi connectivity index (χ4v) is 2.45. The van der Waals surface area contributed by atoms with E-state index in [9.17, 15) is 4.79 Å². The molecule has 0 aromatic carbocycles. The molecule has 3 rings (SSSR count). The van der Waals surface area contributed by atoms with E-state index in [2.05, 4.69) is 5.10 Å². The van der Waals surface area contributed by atoms with Gasteiger partial charge in [-0.2, -0.15) is 5.10 Å². The van der Waals surface area contributed by atoms with Gasteiger partial charge in [-0.05, 0) is 25.3 Å². The molecule has 1 amide bonds. The van der Waals surface area contributed by atoms with E-state index in [1.165, 1.54) is 0 Å². The monoisotopic (exact) mass is 336 g/mol. The number of nitrogens with zero attached hydrogens (tertiary/aromatic N) is 3. The number of carbonyl (C=O) groups excluding carboxylic acids is 1. The van der Waals surface area contributed by atoms with Gasteiger partial charge in [0, 0.05) is 19.3 Å². The number of hydrogen-bond donors (Lipinski definition) is 1. The fraction of sp³-hybridized carbons (Fsp3) is 0.692. The second-order valence-electron chi connectivity index (χ2n) is 5.64. The Balaban J connectivity index is 0.00000110. The number of ether oxygens (including phenoxy) is 1. The summed E-state index contributed by atoms with van der Waals surface area (Å²) in [5, 5.41) is 4.25. The molecule has 0 bridgehead atoms. The Hall–Kier alpha value is -0.820. The van der Waals surface area contributed by atoms with Crippen LogP contribution < -0.4 is 5.73 Å². The highest BCUT2D eigenvalue weighted by Gasteiger charge is 2.48. The van der Waals surface area contributed by atoms with Crippen molar-refractivity contribution in [2.24, 2.45) is 5.73 Å². The van der Waals surface area contributed by atoms with Crippen molar-refractivity contribution in [3.8, 4) is 0 Å². The summed E-state index contributed by atoms with van der Waals surface area (Å²) in [4.78, 5) is 14.1. The van der Waals surface area contributed by atoms with Gasteiger partial charge in [-0.25, -0.2) is 0 Å². The maximum absolute atomic E-state index is 12.2. The van der Waals surface area contributed by atoms with E-state index in [1.807, 2.05) is 28.9 Å². The third-order valence-corrected chi connectivity index (χ3v) is 3.79. The molecule has 2 fully saturated rings. The van der Waals surface area contributed by atoms with Crippen molar-refractivity contribution < 1.29 is 9.53 Å². The first-order chi connectivity index (χ1) is 9.07. The van der Waals surface area contributed by atoms with Gasteiger partial charge >= 0.3 is 0 Å². The van der Waals surface area contributed by atoms with Crippen LogP contribution in [-0.4, -0.2) is 51.9 Å². The molecule has 0 spiro atoms. The Bertz CT molecular complexity index is 490. The van der Waals surface area contributed by atoms with Gasteiger partial charge in [0.25, 0.3) is 0 Å². The van der Waals surface area contributed by atoms with Crippen LogP contribution >= 0.6 is 24.8 Å². The van der Waals surface area contributed by atoms with Crippen molar-refractivity contribution >= 4 is 30.7 Å². The molecule has 1 aromatic heterocycles. The minimum Gasteiger partial charge on any atom is -0.373 e. The molecule has 1 atom stereocenters. The van der Waals surface area contributed by atoms with Crippen LogP contribution in [0.5, 0.6) is 0 Å². The number of halogens is 2. The summed E-state index contributed by atoms with van der Waals surface area (Å²) in [5.41, 5.74) is 6.52. The third-order valence-electron chi connectivity index (χ3n) is 3.79. The van der Waals surface area contributed by atoms with Gasteiger partial charge in [-0.1, -0.05) is 0 Å². The molecule has 2 N–H and O–H groups in total. The van der Waals surface area contributed by atoms with Gasteiger partial charge in [0.05, 0.1) is 31.0 Å². The molecular formula is C13H22Cl2N4O2. The zero-order chi connectivity index (χ0) is 13.5. The highest BCUT2D eigenvalue weighted by molar-refractivity contribution is 5.89. The highest BCUT2D eigenvalue weighted by atomic mass is 35.5. The number of aryl methyl sites for hydroxylation is 1. The van der Waals surface area contributed by atoms with Crippen LogP contribution in [0.25, 0.3) is 0 Å². The summed E-state index contributed by atoms with van der Waals surface area (Å²) >= 11 is 0. The molecular weight excluding hydrogens is 315 g/mol. The average Bonchev–Trinajstić information content (AvgIpc) is 3.02. The van der Waals surface area contributed by atoms with E-state index in [4.69, 9.17) is 10.5 Å². The first-order valence-electron chi connectivity index (χ1n) is 6.76. The molecule has 21 heavy (non-hydrogen) atoms. The van der Waals surface area contributed by atoms with E-state index in [-0.39, 0.29) is 36.8 Å².